The summed E-state index contributed by atoms with van der Waals surface area (Å²) in [6.07, 6.45) is 4.61. The van der Waals surface area contributed by atoms with Gasteiger partial charge >= 0.3 is 0 Å². The highest BCUT2D eigenvalue weighted by Gasteiger charge is 2.21. The lowest BCUT2D eigenvalue weighted by Crippen LogP contribution is -2.32. The molecule has 1 aliphatic heterocycles. The number of rotatable bonds is 2. The molecular formula is C16H23N5O. The van der Waals surface area contributed by atoms with Crippen LogP contribution in [0.15, 0.2) is 6.07 Å². The minimum Gasteiger partial charge on any atom is -0.337 e. The Morgan fingerprint density at radius 1 is 1.18 bits per heavy atom. The summed E-state index contributed by atoms with van der Waals surface area (Å²) in [4.78, 5) is 14.5. The first-order valence-corrected chi connectivity index (χ1v) is 7.93. The third-order valence-corrected chi connectivity index (χ3v) is 4.47. The van der Waals surface area contributed by atoms with Crippen molar-refractivity contribution in [1.82, 2.24) is 24.9 Å². The Morgan fingerprint density at radius 3 is 2.45 bits per heavy atom. The van der Waals surface area contributed by atoms with E-state index in [4.69, 9.17) is 0 Å². The molecule has 1 fully saturated rings. The highest BCUT2D eigenvalue weighted by atomic mass is 16.2. The van der Waals surface area contributed by atoms with E-state index in [2.05, 4.69) is 15.3 Å². The number of nitrogens with one attached hydrogen (secondary N) is 1. The fourth-order valence-corrected chi connectivity index (χ4v) is 3.15. The largest absolute Gasteiger partial charge is 0.337 e. The molecule has 3 rings (SSSR count). The lowest BCUT2D eigenvalue weighted by Gasteiger charge is -2.18. The van der Waals surface area contributed by atoms with Crippen LogP contribution in [-0.2, 0) is 7.05 Å². The van der Waals surface area contributed by atoms with Crippen molar-refractivity contribution in [3.63, 3.8) is 0 Å². The number of nitrogens with zero attached hydrogens (tertiary/aromatic N) is 4. The maximum Gasteiger partial charge on any atom is 0.271 e. The number of carbonyl (C=O) groups excluding carboxylic acids is 1. The summed E-state index contributed by atoms with van der Waals surface area (Å²) >= 11 is 0. The lowest BCUT2D eigenvalue weighted by molar-refractivity contribution is 0.0755. The van der Waals surface area contributed by atoms with Gasteiger partial charge in [0.05, 0.1) is 11.4 Å². The molecule has 3 heterocycles. The van der Waals surface area contributed by atoms with Crippen LogP contribution >= 0.6 is 0 Å². The summed E-state index contributed by atoms with van der Waals surface area (Å²) in [5.41, 5.74) is 4.35. The second-order valence-corrected chi connectivity index (χ2v) is 6.04. The Morgan fingerprint density at radius 2 is 1.86 bits per heavy atom. The van der Waals surface area contributed by atoms with E-state index in [1.54, 1.807) is 0 Å². The van der Waals surface area contributed by atoms with Gasteiger partial charge in [-0.25, -0.2) is 0 Å². The molecule has 0 radical (unpaired) electrons. The lowest BCUT2D eigenvalue weighted by atomic mass is 10.1. The maximum absolute atomic E-state index is 12.6. The predicted molar refractivity (Wildman–Crippen MR) is 84.6 cm³/mol. The van der Waals surface area contributed by atoms with Gasteiger partial charge in [-0.1, -0.05) is 12.8 Å². The van der Waals surface area contributed by atoms with Gasteiger partial charge < -0.3 is 4.90 Å². The van der Waals surface area contributed by atoms with Crippen molar-refractivity contribution >= 4 is 5.91 Å². The van der Waals surface area contributed by atoms with Crippen LogP contribution in [0.25, 0.3) is 11.3 Å². The fourth-order valence-electron chi connectivity index (χ4n) is 3.15. The van der Waals surface area contributed by atoms with Crippen molar-refractivity contribution in [2.45, 2.75) is 39.5 Å². The highest BCUT2D eigenvalue weighted by Crippen LogP contribution is 2.25. The summed E-state index contributed by atoms with van der Waals surface area (Å²) in [7, 11) is 1.92. The topological polar surface area (TPSA) is 66.8 Å². The number of amides is 1. The average molecular weight is 301 g/mol. The van der Waals surface area contributed by atoms with Crippen molar-refractivity contribution in [3.8, 4) is 11.3 Å². The summed E-state index contributed by atoms with van der Waals surface area (Å²) in [6.45, 7) is 5.67. The molecule has 0 spiro atoms. The molecule has 1 aliphatic rings. The second-order valence-electron chi connectivity index (χ2n) is 6.04. The first-order chi connectivity index (χ1) is 10.6. The van der Waals surface area contributed by atoms with Gasteiger partial charge in [0.1, 0.15) is 5.69 Å². The molecule has 1 saturated heterocycles. The van der Waals surface area contributed by atoms with Gasteiger partial charge in [0.25, 0.3) is 5.91 Å². The average Bonchev–Trinajstić information content (AvgIpc) is 2.93. The quantitative estimate of drug-likeness (QED) is 0.926. The maximum atomic E-state index is 12.6. The van der Waals surface area contributed by atoms with E-state index in [0.29, 0.717) is 5.69 Å². The third kappa shape index (κ3) is 2.65. The molecule has 0 saturated carbocycles. The minimum atomic E-state index is 0.0554. The summed E-state index contributed by atoms with van der Waals surface area (Å²) in [5.74, 6) is 0.0554. The summed E-state index contributed by atoms with van der Waals surface area (Å²) < 4.78 is 1.84. The summed E-state index contributed by atoms with van der Waals surface area (Å²) in [5, 5.41) is 11.7. The second kappa shape index (κ2) is 5.94. The number of hydrogen-bond acceptors (Lipinski definition) is 3. The molecule has 2 aromatic rings. The van der Waals surface area contributed by atoms with Gasteiger partial charge in [-0.15, -0.1) is 0 Å². The standard InChI is InChI=1S/C16H23N5O/c1-11-15(12(2)20(3)19-11)13-10-14(18-17-13)16(22)21-8-6-4-5-7-9-21/h10H,4-9H2,1-3H3,(H,17,18). The number of aryl methyl sites for hydroxylation is 2. The fraction of sp³-hybridized carbons (Fsp3) is 0.562. The molecule has 2 aromatic heterocycles. The first kappa shape index (κ1) is 14.8. The van der Waals surface area contributed by atoms with Crippen molar-refractivity contribution < 1.29 is 4.79 Å². The number of aromatic nitrogens is 4. The van der Waals surface area contributed by atoms with Crippen LogP contribution in [0.5, 0.6) is 0 Å². The molecule has 1 N–H and O–H groups in total. The molecule has 0 bridgehead atoms. The summed E-state index contributed by atoms with van der Waals surface area (Å²) in [6, 6.07) is 1.85. The van der Waals surface area contributed by atoms with E-state index in [0.717, 1.165) is 48.6 Å². The number of hydrogen-bond donors (Lipinski definition) is 1. The number of aromatic amines is 1. The van der Waals surface area contributed by atoms with Crippen molar-refractivity contribution in [1.29, 1.82) is 0 Å². The molecule has 6 nitrogen and oxygen atoms in total. The number of carbonyl (C=O) groups is 1. The van der Waals surface area contributed by atoms with Gasteiger partial charge in [-0.2, -0.15) is 10.2 Å². The van der Waals surface area contributed by atoms with Crippen molar-refractivity contribution in [3.05, 3.63) is 23.1 Å². The van der Waals surface area contributed by atoms with Crippen LogP contribution in [0.3, 0.4) is 0 Å². The third-order valence-electron chi connectivity index (χ3n) is 4.47. The Labute approximate surface area is 130 Å². The van der Waals surface area contributed by atoms with E-state index < -0.39 is 0 Å². The van der Waals surface area contributed by atoms with Crippen LogP contribution in [0, 0.1) is 13.8 Å². The minimum absolute atomic E-state index is 0.0554. The van der Waals surface area contributed by atoms with E-state index in [1.807, 2.05) is 36.5 Å². The van der Waals surface area contributed by atoms with Gasteiger partial charge in [-0.3, -0.25) is 14.6 Å². The van der Waals surface area contributed by atoms with E-state index in [9.17, 15) is 4.79 Å². The Bertz CT molecular complexity index is 677. The molecule has 0 unspecified atom stereocenters. The Balaban J connectivity index is 1.85. The smallest absolute Gasteiger partial charge is 0.271 e. The molecule has 22 heavy (non-hydrogen) atoms. The van der Waals surface area contributed by atoms with Gasteiger partial charge in [0.2, 0.25) is 0 Å². The van der Waals surface area contributed by atoms with Crippen molar-refractivity contribution in [2.24, 2.45) is 7.05 Å². The first-order valence-electron chi connectivity index (χ1n) is 7.93. The zero-order chi connectivity index (χ0) is 15.7. The molecule has 6 heteroatoms. The Hall–Kier alpha value is -2.11. The molecule has 118 valence electrons. The van der Waals surface area contributed by atoms with Gasteiger partial charge in [0, 0.05) is 31.4 Å². The molecule has 1 amide bonds. The molecule has 0 aromatic carbocycles. The molecule has 0 aliphatic carbocycles. The van der Waals surface area contributed by atoms with Crippen LogP contribution in [0.1, 0.15) is 47.6 Å². The molecular weight excluding hydrogens is 278 g/mol. The van der Waals surface area contributed by atoms with Crippen molar-refractivity contribution in [2.75, 3.05) is 13.1 Å². The monoisotopic (exact) mass is 301 g/mol. The number of likely N-dealkylation sites (tertiary alicyclic amines) is 1. The highest BCUT2D eigenvalue weighted by molar-refractivity contribution is 5.93. The van der Waals surface area contributed by atoms with Crippen LogP contribution in [-0.4, -0.2) is 43.9 Å². The zero-order valence-corrected chi connectivity index (χ0v) is 13.5. The van der Waals surface area contributed by atoms with E-state index in [-0.39, 0.29) is 5.91 Å². The predicted octanol–water partition coefficient (Wildman–Crippen LogP) is 2.44. The van der Waals surface area contributed by atoms with E-state index in [1.165, 1.54) is 12.8 Å². The van der Waals surface area contributed by atoms with Crippen LogP contribution < -0.4 is 0 Å². The normalized spacial score (nSPS) is 15.9. The van der Waals surface area contributed by atoms with Gasteiger partial charge in [-0.05, 0) is 32.8 Å². The van der Waals surface area contributed by atoms with Crippen LogP contribution in [0.4, 0.5) is 0 Å². The van der Waals surface area contributed by atoms with Gasteiger partial charge in [0.15, 0.2) is 0 Å². The Kier molecular flexibility index (Phi) is 4.00. The number of H-pyrrole nitrogens is 1. The molecule has 0 atom stereocenters. The van der Waals surface area contributed by atoms with E-state index >= 15 is 0 Å². The van der Waals surface area contributed by atoms with Crippen LogP contribution in [0.2, 0.25) is 0 Å². The SMILES string of the molecule is Cc1nn(C)c(C)c1-c1cc(C(=O)N2CCCCCC2)[nH]n1. The zero-order valence-electron chi connectivity index (χ0n) is 13.5.